The lowest BCUT2D eigenvalue weighted by Gasteiger charge is -2.13. The number of unbranched alkanes of at least 4 members (excludes halogenated alkanes) is 2. The molecule has 0 amide bonds. The van der Waals surface area contributed by atoms with Crippen molar-refractivity contribution in [3.63, 3.8) is 0 Å². The van der Waals surface area contributed by atoms with E-state index in [0.717, 1.165) is 48.8 Å². The summed E-state index contributed by atoms with van der Waals surface area (Å²) in [6.07, 6.45) is 9.41. The molecule has 0 aliphatic heterocycles. The average Bonchev–Trinajstić information content (AvgIpc) is 2.60. The van der Waals surface area contributed by atoms with Crippen LogP contribution in [0.25, 0.3) is 17.2 Å². The number of benzene rings is 2. The van der Waals surface area contributed by atoms with Gasteiger partial charge in [-0.15, -0.1) is 0 Å². The van der Waals surface area contributed by atoms with Gasteiger partial charge in [-0.25, -0.2) is 4.79 Å². The quantitative estimate of drug-likeness (QED) is 0.627. The van der Waals surface area contributed by atoms with Crippen LogP contribution in [-0.2, 0) is 6.42 Å². The number of allylic oxidation sites excluding steroid dienone is 1. The molecule has 2 rings (SSSR count). The first-order chi connectivity index (χ1) is 11.7. The molecule has 0 saturated carbocycles. The van der Waals surface area contributed by atoms with E-state index in [1.54, 1.807) is 6.07 Å². The van der Waals surface area contributed by atoms with Crippen LogP contribution in [0.15, 0.2) is 48.5 Å². The molecular weight excluding hydrogens is 296 g/mol. The number of hydrogen-bond acceptors (Lipinski definition) is 1. The SMILES string of the molecule is CCCC=Cc1ccc(-c2cccc(C(=O)O)c2CCCC)cc1. The monoisotopic (exact) mass is 322 g/mol. The molecule has 2 aromatic rings. The highest BCUT2D eigenvalue weighted by Crippen LogP contribution is 2.28. The lowest BCUT2D eigenvalue weighted by molar-refractivity contribution is 0.0695. The number of rotatable bonds is 8. The van der Waals surface area contributed by atoms with Crippen molar-refractivity contribution in [3.05, 3.63) is 65.2 Å². The molecule has 0 aliphatic rings. The normalized spacial score (nSPS) is 11.1. The van der Waals surface area contributed by atoms with Crippen LogP contribution in [0.4, 0.5) is 0 Å². The van der Waals surface area contributed by atoms with E-state index in [4.69, 9.17) is 0 Å². The summed E-state index contributed by atoms with van der Waals surface area (Å²) in [5.74, 6) is -0.845. The summed E-state index contributed by atoms with van der Waals surface area (Å²) in [5.41, 5.74) is 4.66. The summed E-state index contributed by atoms with van der Waals surface area (Å²) in [4.78, 5) is 11.6. The molecule has 0 radical (unpaired) electrons. The van der Waals surface area contributed by atoms with Gasteiger partial charge in [0.1, 0.15) is 0 Å². The van der Waals surface area contributed by atoms with Crippen molar-refractivity contribution < 1.29 is 9.90 Å². The zero-order valence-corrected chi connectivity index (χ0v) is 14.6. The summed E-state index contributed by atoms with van der Waals surface area (Å²) in [7, 11) is 0. The summed E-state index contributed by atoms with van der Waals surface area (Å²) in [5, 5.41) is 9.49. The highest BCUT2D eigenvalue weighted by Gasteiger charge is 2.14. The lowest BCUT2D eigenvalue weighted by atomic mass is 9.91. The van der Waals surface area contributed by atoms with Crippen LogP contribution in [0.1, 0.15) is 61.0 Å². The largest absolute Gasteiger partial charge is 0.478 e. The second kappa shape index (κ2) is 9.07. The molecule has 126 valence electrons. The number of aromatic carboxylic acids is 1. The van der Waals surface area contributed by atoms with Crippen LogP contribution in [0, 0.1) is 0 Å². The van der Waals surface area contributed by atoms with Gasteiger partial charge in [0.05, 0.1) is 5.56 Å². The first kappa shape index (κ1) is 18.0. The minimum absolute atomic E-state index is 0.424. The maximum absolute atomic E-state index is 11.6. The van der Waals surface area contributed by atoms with Crippen LogP contribution >= 0.6 is 0 Å². The van der Waals surface area contributed by atoms with Crippen molar-refractivity contribution in [1.29, 1.82) is 0 Å². The zero-order chi connectivity index (χ0) is 17.4. The standard InChI is InChI=1S/C22H26O2/c1-3-5-7-9-17-13-15-18(16-14-17)19-11-8-12-21(22(23)24)20(19)10-6-4-2/h7-9,11-16H,3-6,10H2,1-2H3,(H,23,24). The Balaban J connectivity index is 2.36. The molecule has 0 unspecified atom stereocenters. The lowest BCUT2D eigenvalue weighted by Crippen LogP contribution is -2.04. The van der Waals surface area contributed by atoms with Crippen molar-refractivity contribution in [2.24, 2.45) is 0 Å². The third-order valence-corrected chi connectivity index (χ3v) is 4.17. The minimum Gasteiger partial charge on any atom is -0.478 e. The van der Waals surface area contributed by atoms with Gasteiger partial charge in [0.2, 0.25) is 0 Å². The Morgan fingerprint density at radius 2 is 1.79 bits per heavy atom. The number of carboxylic acids is 1. The van der Waals surface area contributed by atoms with Crippen molar-refractivity contribution in [2.45, 2.75) is 46.0 Å². The van der Waals surface area contributed by atoms with Gasteiger partial charge in [0, 0.05) is 0 Å². The van der Waals surface area contributed by atoms with E-state index in [2.05, 4.69) is 50.3 Å². The van der Waals surface area contributed by atoms with Crippen molar-refractivity contribution in [3.8, 4) is 11.1 Å². The predicted octanol–water partition coefficient (Wildman–Crippen LogP) is 6.21. The van der Waals surface area contributed by atoms with Gasteiger partial charge in [-0.3, -0.25) is 0 Å². The molecule has 0 aliphatic carbocycles. The molecular formula is C22H26O2. The smallest absolute Gasteiger partial charge is 0.335 e. The molecule has 0 spiro atoms. The fourth-order valence-corrected chi connectivity index (χ4v) is 2.84. The second-order valence-electron chi connectivity index (χ2n) is 6.05. The van der Waals surface area contributed by atoms with E-state index < -0.39 is 5.97 Å². The third kappa shape index (κ3) is 4.58. The molecule has 0 saturated heterocycles. The van der Waals surface area contributed by atoms with Gasteiger partial charge in [-0.1, -0.05) is 75.2 Å². The number of carboxylic acid groups (broad SMARTS) is 1. The highest BCUT2D eigenvalue weighted by atomic mass is 16.4. The van der Waals surface area contributed by atoms with E-state index in [0.29, 0.717) is 5.56 Å². The van der Waals surface area contributed by atoms with Gasteiger partial charge in [-0.05, 0) is 47.6 Å². The first-order valence-corrected chi connectivity index (χ1v) is 8.79. The Labute approximate surface area is 144 Å². The van der Waals surface area contributed by atoms with E-state index in [1.165, 1.54) is 5.56 Å². The Bertz CT molecular complexity index is 696. The van der Waals surface area contributed by atoms with E-state index in [9.17, 15) is 9.90 Å². The van der Waals surface area contributed by atoms with Crippen LogP contribution in [-0.4, -0.2) is 11.1 Å². The molecule has 2 heteroatoms. The molecule has 0 aromatic heterocycles. The molecule has 24 heavy (non-hydrogen) atoms. The Morgan fingerprint density at radius 1 is 1.04 bits per heavy atom. The minimum atomic E-state index is -0.845. The maximum atomic E-state index is 11.6. The van der Waals surface area contributed by atoms with Crippen molar-refractivity contribution in [2.75, 3.05) is 0 Å². The summed E-state index contributed by atoms with van der Waals surface area (Å²) < 4.78 is 0. The predicted molar refractivity (Wildman–Crippen MR) is 101 cm³/mol. The van der Waals surface area contributed by atoms with Crippen LogP contribution in [0.3, 0.4) is 0 Å². The molecule has 0 fully saturated rings. The fraction of sp³-hybridized carbons (Fsp3) is 0.318. The van der Waals surface area contributed by atoms with E-state index >= 15 is 0 Å². The van der Waals surface area contributed by atoms with Crippen molar-refractivity contribution in [1.82, 2.24) is 0 Å². The third-order valence-electron chi connectivity index (χ3n) is 4.17. The van der Waals surface area contributed by atoms with Gasteiger partial charge in [0.25, 0.3) is 0 Å². The average molecular weight is 322 g/mol. The van der Waals surface area contributed by atoms with Gasteiger partial charge < -0.3 is 5.11 Å². The summed E-state index contributed by atoms with van der Waals surface area (Å²) in [6.45, 7) is 4.29. The van der Waals surface area contributed by atoms with Gasteiger partial charge in [-0.2, -0.15) is 0 Å². The number of hydrogen-bond donors (Lipinski definition) is 1. The Kier molecular flexibility index (Phi) is 6.80. The summed E-state index contributed by atoms with van der Waals surface area (Å²) in [6, 6.07) is 13.9. The molecule has 0 atom stereocenters. The van der Waals surface area contributed by atoms with Gasteiger partial charge >= 0.3 is 5.97 Å². The zero-order valence-electron chi connectivity index (χ0n) is 14.6. The van der Waals surface area contributed by atoms with Crippen molar-refractivity contribution >= 4 is 12.0 Å². The molecule has 1 N–H and O–H groups in total. The Morgan fingerprint density at radius 3 is 2.42 bits per heavy atom. The highest BCUT2D eigenvalue weighted by molar-refractivity contribution is 5.92. The molecule has 2 aromatic carbocycles. The second-order valence-corrected chi connectivity index (χ2v) is 6.05. The van der Waals surface area contributed by atoms with Crippen LogP contribution in [0.5, 0.6) is 0 Å². The van der Waals surface area contributed by atoms with Gasteiger partial charge in [0.15, 0.2) is 0 Å². The molecule has 0 bridgehead atoms. The first-order valence-electron chi connectivity index (χ1n) is 8.79. The van der Waals surface area contributed by atoms with E-state index in [-0.39, 0.29) is 0 Å². The van der Waals surface area contributed by atoms with Crippen LogP contribution < -0.4 is 0 Å². The Hall–Kier alpha value is -2.35. The molecule has 0 heterocycles. The molecule has 2 nitrogen and oxygen atoms in total. The maximum Gasteiger partial charge on any atom is 0.335 e. The van der Waals surface area contributed by atoms with E-state index in [1.807, 2.05) is 12.1 Å². The topological polar surface area (TPSA) is 37.3 Å². The summed E-state index contributed by atoms with van der Waals surface area (Å²) >= 11 is 0. The fourth-order valence-electron chi connectivity index (χ4n) is 2.84. The van der Waals surface area contributed by atoms with Crippen LogP contribution in [0.2, 0.25) is 0 Å². The number of carbonyl (C=O) groups is 1.